The summed E-state index contributed by atoms with van der Waals surface area (Å²) < 4.78 is 13.3. The van der Waals surface area contributed by atoms with Gasteiger partial charge in [-0.15, -0.1) is 11.8 Å². The van der Waals surface area contributed by atoms with Crippen LogP contribution in [0.4, 0.5) is 4.39 Å². The molecule has 2 aromatic carbocycles. The zero-order valence-electron chi connectivity index (χ0n) is 10.2. The molecule has 100 valence electrons. The third kappa shape index (κ3) is 4.23. The smallest absolute Gasteiger partial charge is 0.142 e. The zero-order valence-corrected chi connectivity index (χ0v) is 11.8. The maximum absolute atomic E-state index is 13.3. The van der Waals surface area contributed by atoms with Crippen molar-refractivity contribution in [2.75, 3.05) is 5.75 Å². The molecule has 0 saturated carbocycles. The zero-order chi connectivity index (χ0) is 13.7. The number of thioether (sulfide) groups is 1. The normalized spacial score (nSPS) is 12.4. The molecule has 2 rings (SSSR count). The van der Waals surface area contributed by atoms with Crippen molar-refractivity contribution < 1.29 is 9.50 Å². The molecule has 1 unspecified atom stereocenters. The molecule has 0 radical (unpaired) electrons. The molecule has 4 heteroatoms. The molecule has 0 aliphatic carbocycles. The minimum absolute atomic E-state index is 0.103. The molecule has 2 aromatic rings. The molecule has 0 spiro atoms. The molecule has 0 bridgehead atoms. The Hall–Kier alpha value is -1.03. The van der Waals surface area contributed by atoms with Crippen LogP contribution in [0.15, 0.2) is 53.4 Å². The van der Waals surface area contributed by atoms with E-state index in [1.165, 1.54) is 6.07 Å². The van der Waals surface area contributed by atoms with E-state index in [-0.39, 0.29) is 5.02 Å². The van der Waals surface area contributed by atoms with Gasteiger partial charge in [0.25, 0.3) is 0 Å². The standard InChI is InChI=1S/C15H14ClFOS/c16-15-11(5-4-8-14(15)17)9-12(18)10-19-13-6-2-1-3-7-13/h1-8,12,18H,9-10H2. The van der Waals surface area contributed by atoms with Crippen LogP contribution in [0.1, 0.15) is 5.56 Å². The maximum atomic E-state index is 13.3. The Morgan fingerprint density at radius 1 is 1.11 bits per heavy atom. The van der Waals surface area contributed by atoms with Crippen molar-refractivity contribution in [3.8, 4) is 0 Å². The Labute approximate surface area is 121 Å². The molecule has 0 fully saturated rings. The fourth-order valence-corrected chi connectivity index (χ4v) is 2.78. The van der Waals surface area contributed by atoms with Gasteiger partial charge in [0, 0.05) is 17.1 Å². The number of rotatable bonds is 5. The second kappa shape index (κ2) is 6.94. The summed E-state index contributed by atoms with van der Waals surface area (Å²) in [6, 6.07) is 14.5. The summed E-state index contributed by atoms with van der Waals surface area (Å²) in [5.41, 5.74) is 0.642. The van der Waals surface area contributed by atoms with Gasteiger partial charge < -0.3 is 5.11 Å². The second-order valence-corrected chi connectivity index (χ2v) is 5.67. The lowest BCUT2D eigenvalue weighted by atomic mass is 10.1. The maximum Gasteiger partial charge on any atom is 0.142 e. The molecule has 0 aliphatic heterocycles. The lowest BCUT2D eigenvalue weighted by molar-refractivity contribution is 0.200. The van der Waals surface area contributed by atoms with Crippen LogP contribution in [0.2, 0.25) is 5.02 Å². The summed E-state index contributed by atoms with van der Waals surface area (Å²) >= 11 is 7.43. The van der Waals surface area contributed by atoms with Crippen molar-refractivity contribution >= 4 is 23.4 Å². The minimum Gasteiger partial charge on any atom is -0.392 e. The lowest BCUT2D eigenvalue weighted by Gasteiger charge is -2.11. The predicted octanol–water partition coefficient (Wildman–Crippen LogP) is 4.17. The van der Waals surface area contributed by atoms with Crippen LogP contribution >= 0.6 is 23.4 Å². The molecule has 0 aromatic heterocycles. The molecule has 0 aliphatic rings. The largest absolute Gasteiger partial charge is 0.392 e. The minimum atomic E-state index is -0.551. The van der Waals surface area contributed by atoms with Crippen LogP contribution in [-0.4, -0.2) is 17.0 Å². The van der Waals surface area contributed by atoms with Gasteiger partial charge in [-0.3, -0.25) is 0 Å². The summed E-state index contributed by atoms with van der Waals surface area (Å²) in [7, 11) is 0. The molecule has 1 nitrogen and oxygen atoms in total. The van der Waals surface area contributed by atoms with Crippen molar-refractivity contribution in [3.05, 3.63) is 64.9 Å². The number of hydrogen-bond acceptors (Lipinski definition) is 2. The third-order valence-electron chi connectivity index (χ3n) is 2.67. The highest BCUT2D eigenvalue weighted by molar-refractivity contribution is 7.99. The number of aliphatic hydroxyl groups excluding tert-OH is 1. The summed E-state index contributed by atoms with van der Waals surface area (Å²) in [4.78, 5) is 1.10. The Balaban J connectivity index is 1.91. The van der Waals surface area contributed by atoms with Crippen LogP contribution in [0.25, 0.3) is 0 Å². The molecule has 0 amide bonds. The average molecular weight is 297 g/mol. The topological polar surface area (TPSA) is 20.2 Å². The van der Waals surface area contributed by atoms with E-state index >= 15 is 0 Å². The number of halogens is 2. The van der Waals surface area contributed by atoms with Crippen LogP contribution in [0.3, 0.4) is 0 Å². The molecule has 0 saturated heterocycles. The van der Waals surface area contributed by atoms with E-state index in [2.05, 4.69) is 0 Å². The van der Waals surface area contributed by atoms with Gasteiger partial charge in [0.1, 0.15) is 5.82 Å². The monoisotopic (exact) mass is 296 g/mol. The summed E-state index contributed by atoms with van der Waals surface area (Å²) in [5.74, 6) is 0.110. The van der Waals surface area contributed by atoms with Crippen molar-refractivity contribution in [2.45, 2.75) is 17.4 Å². The van der Waals surface area contributed by atoms with Gasteiger partial charge in [0.05, 0.1) is 11.1 Å². The molecular formula is C15H14ClFOS. The summed E-state index contributed by atoms with van der Waals surface area (Å²) in [6.07, 6.45) is -0.194. The first-order chi connectivity index (χ1) is 9.16. The molecule has 19 heavy (non-hydrogen) atoms. The fraction of sp³-hybridized carbons (Fsp3) is 0.200. The first-order valence-corrected chi connectivity index (χ1v) is 7.32. The summed E-state index contributed by atoms with van der Waals surface area (Å²) in [5, 5.41) is 10.1. The van der Waals surface area contributed by atoms with Gasteiger partial charge in [-0.05, 0) is 23.8 Å². The van der Waals surface area contributed by atoms with E-state index in [1.807, 2.05) is 30.3 Å². The van der Waals surface area contributed by atoms with Gasteiger partial charge in [-0.25, -0.2) is 4.39 Å². The third-order valence-corrected chi connectivity index (χ3v) is 4.25. The van der Waals surface area contributed by atoms with Crippen LogP contribution < -0.4 is 0 Å². The van der Waals surface area contributed by atoms with E-state index < -0.39 is 11.9 Å². The van der Waals surface area contributed by atoms with E-state index in [0.29, 0.717) is 17.7 Å². The van der Waals surface area contributed by atoms with E-state index in [1.54, 1.807) is 23.9 Å². The van der Waals surface area contributed by atoms with Crippen LogP contribution in [0.5, 0.6) is 0 Å². The quantitative estimate of drug-likeness (QED) is 0.836. The summed E-state index contributed by atoms with van der Waals surface area (Å²) in [6.45, 7) is 0. The van der Waals surface area contributed by atoms with Crippen molar-refractivity contribution in [1.29, 1.82) is 0 Å². The Bertz CT molecular complexity index is 533. The fourth-order valence-electron chi connectivity index (χ4n) is 1.73. The number of benzene rings is 2. The average Bonchev–Trinajstić information content (AvgIpc) is 2.43. The van der Waals surface area contributed by atoms with Gasteiger partial charge in [-0.1, -0.05) is 41.9 Å². The van der Waals surface area contributed by atoms with Gasteiger partial charge in [0.2, 0.25) is 0 Å². The highest BCUT2D eigenvalue weighted by atomic mass is 35.5. The molecular weight excluding hydrogens is 283 g/mol. The highest BCUT2D eigenvalue weighted by Gasteiger charge is 2.11. The highest BCUT2D eigenvalue weighted by Crippen LogP contribution is 2.23. The van der Waals surface area contributed by atoms with Gasteiger partial charge >= 0.3 is 0 Å². The van der Waals surface area contributed by atoms with Gasteiger partial charge in [0.15, 0.2) is 0 Å². The molecule has 1 N–H and O–H groups in total. The SMILES string of the molecule is OC(CSc1ccccc1)Cc1cccc(F)c1Cl. The molecule has 1 atom stereocenters. The number of aliphatic hydroxyl groups is 1. The first-order valence-electron chi connectivity index (χ1n) is 5.95. The van der Waals surface area contributed by atoms with Crippen molar-refractivity contribution in [1.82, 2.24) is 0 Å². The van der Waals surface area contributed by atoms with Crippen LogP contribution in [0, 0.1) is 5.82 Å². The van der Waals surface area contributed by atoms with E-state index in [0.717, 1.165) is 4.90 Å². The van der Waals surface area contributed by atoms with Crippen molar-refractivity contribution in [3.63, 3.8) is 0 Å². The lowest BCUT2D eigenvalue weighted by Crippen LogP contribution is -2.14. The Kier molecular flexibility index (Phi) is 5.25. The second-order valence-electron chi connectivity index (χ2n) is 4.19. The van der Waals surface area contributed by atoms with Crippen molar-refractivity contribution in [2.24, 2.45) is 0 Å². The van der Waals surface area contributed by atoms with Gasteiger partial charge in [-0.2, -0.15) is 0 Å². The first kappa shape index (κ1) is 14.4. The Morgan fingerprint density at radius 2 is 1.84 bits per heavy atom. The van der Waals surface area contributed by atoms with E-state index in [9.17, 15) is 9.50 Å². The Morgan fingerprint density at radius 3 is 2.58 bits per heavy atom. The van der Waals surface area contributed by atoms with Crippen LogP contribution in [-0.2, 0) is 6.42 Å². The molecule has 0 heterocycles. The van der Waals surface area contributed by atoms with E-state index in [4.69, 9.17) is 11.6 Å². The number of hydrogen-bond donors (Lipinski definition) is 1. The predicted molar refractivity (Wildman–Crippen MR) is 78.3 cm³/mol.